The summed E-state index contributed by atoms with van der Waals surface area (Å²) in [4.78, 5) is 2.34. The number of hydrogen-bond acceptors (Lipinski definition) is 2. The van der Waals surface area contributed by atoms with Crippen LogP contribution in [0, 0.1) is 0 Å². The second kappa shape index (κ2) is 14.8. The van der Waals surface area contributed by atoms with Crippen LogP contribution in [0.5, 0.6) is 0 Å². The number of nitrogens with zero attached hydrogens (tertiary/aromatic N) is 1. The van der Waals surface area contributed by atoms with E-state index in [-0.39, 0.29) is 0 Å². The Bertz CT molecular complexity index is 3610. The zero-order valence-corrected chi connectivity index (χ0v) is 33.9. The van der Waals surface area contributed by atoms with Crippen LogP contribution in [0.2, 0.25) is 0 Å². The van der Waals surface area contributed by atoms with Crippen molar-refractivity contribution < 1.29 is 4.42 Å². The van der Waals surface area contributed by atoms with Crippen LogP contribution >= 0.6 is 0 Å². The van der Waals surface area contributed by atoms with Crippen LogP contribution in [0.25, 0.3) is 98.8 Å². The lowest BCUT2D eigenvalue weighted by Crippen LogP contribution is -2.10. The largest absolute Gasteiger partial charge is 0.453 e. The molecule has 0 spiro atoms. The zero-order valence-electron chi connectivity index (χ0n) is 33.9. The highest BCUT2D eigenvalue weighted by Gasteiger charge is 2.23. The van der Waals surface area contributed by atoms with Crippen molar-refractivity contribution >= 4 is 71.3 Å². The summed E-state index contributed by atoms with van der Waals surface area (Å²) >= 11 is 0. The van der Waals surface area contributed by atoms with Gasteiger partial charge in [0.1, 0.15) is 5.58 Å². The van der Waals surface area contributed by atoms with Crippen molar-refractivity contribution in [2.75, 3.05) is 4.90 Å². The normalized spacial score (nSPS) is 11.5. The molecule has 0 radical (unpaired) electrons. The average molecular weight is 790 g/mol. The molecule has 0 saturated carbocycles. The minimum absolute atomic E-state index is 0.851. The van der Waals surface area contributed by atoms with Crippen molar-refractivity contribution in [2.24, 2.45) is 0 Å². The topological polar surface area (TPSA) is 16.4 Å². The Morgan fingerprint density at radius 2 is 0.806 bits per heavy atom. The molecule has 0 aliphatic heterocycles. The summed E-state index contributed by atoms with van der Waals surface area (Å²) in [5.74, 6) is 0. The Morgan fingerprint density at radius 1 is 0.274 bits per heavy atom. The van der Waals surface area contributed by atoms with E-state index in [9.17, 15) is 0 Å². The van der Waals surface area contributed by atoms with E-state index in [1.807, 2.05) is 0 Å². The zero-order chi connectivity index (χ0) is 41.0. The van der Waals surface area contributed by atoms with E-state index in [0.717, 1.165) is 55.7 Å². The van der Waals surface area contributed by atoms with Gasteiger partial charge in [0.25, 0.3) is 0 Å². The van der Waals surface area contributed by atoms with E-state index >= 15 is 0 Å². The summed E-state index contributed by atoms with van der Waals surface area (Å²) < 4.78 is 7.15. The molecule has 0 N–H and O–H groups in total. The predicted molar refractivity (Wildman–Crippen MR) is 263 cm³/mol. The highest BCUT2D eigenvalue weighted by atomic mass is 16.3. The molecular formula is C60H39NO. The number of anilines is 3. The average Bonchev–Trinajstić information content (AvgIpc) is 3.75. The third-order valence-corrected chi connectivity index (χ3v) is 12.4. The summed E-state index contributed by atoms with van der Waals surface area (Å²) in [7, 11) is 0. The van der Waals surface area contributed by atoms with Crippen molar-refractivity contribution in [1.82, 2.24) is 0 Å². The molecule has 0 bridgehead atoms. The SMILES string of the molecule is c1ccc(-c2ccc(N(c3ccc(-c4ccc5c(-c6ccc7ccccc7c6)cccc5c4)cc3)c3cccc4c3oc3c(-c5ccccc5)cc5ccccc5c34)cc2)cc1. The number of benzene rings is 11. The Labute approximate surface area is 360 Å². The van der Waals surface area contributed by atoms with Gasteiger partial charge >= 0.3 is 0 Å². The summed E-state index contributed by atoms with van der Waals surface area (Å²) in [6.45, 7) is 0. The molecule has 0 atom stereocenters. The van der Waals surface area contributed by atoms with Crippen LogP contribution in [0.3, 0.4) is 0 Å². The Hall–Kier alpha value is -8.20. The molecule has 290 valence electrons. The van der Waals surface area contributed by atoms with Crippen LogP contribution in [0.4, 0.5) is 17.1 Å². The summed E-state index contributed by atoms with van der Waals surface area (Å²) in [6.07, 6.45) is 0. The van der Waals surface area contributed by atoms with E-state index in [1.54, 1.807) is 0 Å². The van der Waals surface area contributed by atoms with E-state index in [4.69, 9.17) is 4.42 Å². The summed E-state index contributed by atoms with van der Waals surface area (Å²) in [5, 5.41) is 9.57. The Kier molecular flexibility index (Phi) is 8.53. The summed E-state index contributed by atoms with van der Waals surface area (Å²) in [6, 6.07) is 85.2. The van der Waals surface area contributed by atoms with Crippen molar-refractivity contribution in [3.63, 3.8) is 0 Å². The molecule has 2 heteroatoms. The third kappa shape index (κ3) is 6.12. The van der Waals surface area contributed by atoms with Gasteiger partial charge in [-0.15, -0.1) is 0 Å². The minimum Gasteiger partial charge on any atom is -0.453 e. The number of furan rings is 1. The van der Waals surface area contributed by atoms with Gasteiger partial charge in [-0.2, -0.15) is 0 Å². The molecule has 0 amide bonds. The molecule has 12 rings (SSSR count). The smallest absolute Gasteiger partial charge is 0.159 e. The van der Waals surface area contributed by atoms with Gasteiger partial charge < -0.3 is 9.32 Å². The molecule has 1 heterocycles. The molecular weight excluding hydrogens is 751 g/mol. The predicted octanol–water partition coefficient (Wildman–Crippen LogP) is 17.2. The first kappa shape index (κ1) is 35.7. The molecule has 0 fully saturated rings. The van der Waals surface area contributed by atoms with Crippen LogP contribution in [-0.4, -0.2) is 0 Å². The molecule has 12 aromatic rings. The van der Waals surface area contributed by atoms with Gasteiger partial charge in [-0.05, 0) is 120 Å². The number of fused-ring (bicyclic) bond motifs is 7. The van der Waals surface area contributed by atoms with E-state index in [2.05, 4.69) is 241 Å². The van der Waals surface area contributed by atoms with Gasteiger partial charge in [0.15, 0.2) is 5.58 Å². The van der Waals surface area contributed by atoms with Gasteiger partial charge in [-0.25, -0.2) is 0 Å². The first-order valence-electron chi connectivity index (χ1n) is 21.2. The summed E-state index contributed by atoms with van der Waals surface area (Å²) in [5.41, 5.74) is 14.2. The quantitative estimate of drug-likeness (QED) is 0.160. The molecule has 0 saturated heterocycles. The van der Waals surface area contributed by atoms with E-state index < -0.39 is 0 Å². The fourth-order valence-corrected chi connectivity index (χ4v) is 9.38. The first-order valence-corrected chi connectivity index (χ1v) is 21.2. The van der Waals surface area contributed by atoms with Crippen LogP contribution in [0.1, 0.15) is 0 Å². The lowest BCUT2D eigenvalue weighted by Gasteiger charge is -2.26. The highest BCUT2D eigenvalue weighted by Crippen LogP contribution is 2.47. The Balaban J connectivity index is 0.990. The maximum absolute atomic E-state index is 7.15. The second-order valence-electron chi connectivity index (χ2n) is 16.1. The van der Waals surface area contributed by atoms with Gasteiger partial charge in [0.2, 0.25) is 0 Å². The van der Waals surface area contributed by atoms with Gasteiger partial charge in [-0.3, -0.25) is 0 Å². The van der Waals surface area contributed by atoms with Crippen LogP contribution < -0.4 is 4.90 Å². The van der Waals surface area contributed by atoms with Gasteiger partial charge in [0, 0.05) is 27.7 Å². The van der Waals surface area contributed by atoms with Crippen molar-refractivity contribution in [2.45, 2.75) is 0 Å². The number of hydrogen-bond donors (Lipinski definition) is 0. The van der Waals surface area contributed by atoms with Crippen molar-refractivity contribution in [1.29, 1.82) is 0 Å². The first-order chi connectivity index (χ1) is 30.7. The standard InChI is InChI=1S/C60H39NO/c1-3-13-40(14-4-1)42-27-32-50(33-28-42)61(57-24-12-23-55-58-54-21-10-9-19-48(54)39-56(60(58)62-59(55)57)44-16-5-2-6-17-44)51-34-29-43(30-35-51)46-31-36-53-47(38-46)20-11-22-52(53)49-26-25-41-15-7-8-18-45(41)37-49/h1-39H. The number of para-hydroxylation sites is 1. The molecule has 62 heavy (non-hydrogen) atoms. The lowest BCUT2D eigenvalue weighted by atomic mass is 9.94. The minimum atomic E-state index is 0.851. The molecule has 2 nitrogen and oxygen atoms in total. The van der Waals surface area contributed by atoms with Crippen LogP contribution in [-0.2, 0) is 0 Å². The van der Waals surface area contributed by atoms with Crippen molar-refractivity contribution in [3.8, 4) is 44.5 Å². The fourth-order valence-electron chi connectivity index (χ4n) is 9.38. The lowest BCUT2D eigenvalue weighted by molar-refractivity contribution is 0.670. The maximum Gasteiger partial charge on any atom is 0.159 e. The van der Waals surface area contributed by atoms with E-state index in [1.165, 1.54) is 60.1 Å². The van der Waals surface area contributed by atoms with Gasteiger partial charge in [-0.1, -0.05) is 188 Å². The molecule has 0 aliphatic carbocycles. The van der Waals surface area contributed by atoms with Crippen molar-refractivity contribution in [3.05, 3.63) is 237 Å². The number of rotatable bonds is 7. The molecule has 1 aromatic heterocycles. The second-order valence-corrected chi connectivity index (χ2v) is 16.1. The highest BCUT2D eigenvalue weighted by molar-refractivity contribution is 6.24. The van der Waals surface area contributed by atoms with Gasteiger partial charge in [0.05, 0.1) is 5.69 Å². The maximum atomic E-state index is 7.15. The molecule has 11 aromatic carbocycles. The van der Waals surface area contributed by atoms with E-state index in [0.29, 0.717) is 0 Å². The monoisotopic (exact) mass is 789 g/mol. The molecule has 0 unspecified atom stereocenters. The Morgan fingerprint density at radius 3 is 1.56 bits per heavy atom. The van der Waals surface area contributed by atoms with Crippen LogP contribution in [0.15, 0.2) is 241 Å². The third-order valence-electron chi connectivity index (χ3n) is 12.4. The molecule has 0 aliphatic rings. The fraction of sp³-hybridized carbons (Fsp3) is 0.